The zero-order chi connectivity index (χ0) is 20.8. The molecule has 1 aromatic heterocycles. The highest BCUT2D eigenvalue weighted by molar-refractivity contribution is 5.32. The van der Waals surface area contributed by atoms with E-state index in [4.69, 9.17) is 0 Å². The second-order valence-corrected chi connectivity index (χ2v) is 8.23. The van der Waals surface area contributed by atoms with Crippen LogP contribution in [0.25, 0.3) is 0 Å². The largest absolute Gasteiger partial charge is 0.346 e. The summed E-state index contributed by atoms with van der Waals surface area (Å²) in [4.78, 5) is 2.54. The van der Waals surface area contributed by atoms with E-state index in [1.54, 1.807) is 6.07 Å². The number of halogens is 1. The van der Waals surface area contributed by atoms with E-state index >= 15 is 0 Å². The van der Waals surface area contributed by atoms with Crippen molar-refractivity contribution in [3.63, 3.8) is 0 Å². The minimum absolute atomic E-state index is 0.158. The van der Waals surface area contributed by atoms with Gasteiger partial charge in [0, 0.05) is 36.6 Å². The predicted octanol–water partition coefficient (Wildman–Crippen LogP) is 5.88. The van der Waals surface area contributed by atoms with Crippen molar-refractivity contribution in [2.75, 3.05) is 0 Å². The number of rotatable bonds is 7. The summed E-state index contributed by atoms with van der Waals surface area (Å²) >= 11 is 0. The Hall–Kier alpha value is -2.90. The lowest BCUT2D eigenvalue weighted by molar-refractivity contribution is 0.137. The van der Waals surface area contributed by atoms with E-state index in [2.05, 4.69) is 27.7 Å². The van der Waals surface area contributed by atoms with Gasteiger partial charge < -0.3 is 4.57 Å². The van der Waals surface area contributed by atoms with Gasteiger partial charge in [0.05, 0.1) is 18.2 Å². The van der Waals surface area contributed by atoms with Gasteiger partial charge in [-0.2, -0.15) is 5.26 Å². The van der Waals surface area contributed by atoms with Crippen LogP contribution in [0.1, 0.15) is 54.5 Å². The fraction of sp³-hybridized carbons (Fsp3) is 0.346. The van der Waals surface area contributed by atoms with Crippen LogP contribution >= 0.6 is 0 Å². The minimum atomic E-state index is -0.158. The molecule has 30 heavy (non-hydrogen) atoms. The van der Waals surface area contributed by atoms with Crippen LogP contribution in [-0.4, -0.2) is 15.5 Å². The monoisotopic (exact) mass is 401 g/mol. The van der Waals surface area contributed by atoms with Gasteiger partial charge in [0.25, 0.3) is 0 Å². The summed E-state index contributed by atoms with van der Waals surface area (Å²) in [6, 6.07) is 21.9. The fourth-order valence-electron chi connectivity index (χ4n) is 4.50. The Balaban J connectivity index is 1.55. The highest BCUT2D eigenvalue weighted by Gasteiger charge is 2.22. The van der Waals surface area contributed by atoms with Crippen LogP contribution in [0.5, 0.6) is 0 Å². The minimum Gasteiger partial charge on any atom is -0.346 e. The van der Waals surface area contributed by atoms with Crippen molar-refractivity contribution in [1.29, 1.82) is 5.26 Å². The van der Waals surface area contributed by atoms with Crippen molar-refractivity contribution in [2.45, 2.75) is 57.8 Å². The molecule has 2 aromatic carbocycles. The van der Waals surface area contributed by atoms with Gasteiger partial charge in [-0.25, -0.2) is 4.39 Å². The van der Waals surface area contributed by atoms with E-state index in [1.807, 2.05) is 42.6 Å². The lowest BCUT2D eigenvalue weighted by Crippen LogP contribution is -2.36. The number of benzene rings is 2. The topological polar surface area (TPSA) is 32.0 Å². The van der Waals surface area contributed by atoms with Gasteiger partial charge in [-0.3, -0.25) is 4.90 Å². The Kier molecular flexibility index (Phi) is 6.61. The van der Waals surface area contributed by atoms with Crippen LogP contribution < -0.4 is 0 Å². The summed E-state index contributed by atoms with van der Waals surface area (Å²) < 4.78 is 16.3. The molecule has 154 valence electrons. The lowest BCUT2D eigenvalue weighted by Gasteiger charge is -2.34. The maximum Gasteiger partial charge on any atom is 0.128 e. The molecule has 1 saturated carbocycles. The molecule has 1 fully saturated rings. The zero-order valence-electron chi connectivity index (χ0n) is 17.3. The van der Waals surface area contributed by atoms with Crippen LogP contribution in [-0.2, 0) is 19.6 Å². The Morgan fingerprint density at radius 1 is 0.967 bits per heavy atom. The number of aromatic nitrogens is 1. The molecule has 0 amide bonds. The van der Waals surface area contributed by atoms with E-state index in [-0.39, 0.29) is 5.82 Å². The van der Waals surface area contributed by atoms with Gasteiger partial charge in [0.15, 0.2) is 0 Å². The van der Waals surface area contributed by atoms with E-state index in [0.717, 1.165) is 13.1 Å². The molecule has 0 N–H and O–H groups in total. The fourth-order valence-corrected chi connectivity index (χ4v) is 4.50. The molecule has 1 heterocycles. The van der Waals surface area contributed by atoms with Crippen LogP contribution in [0, 0.1) is 17.1 Å². The molecule has 0 saturated heterocycles. The summed E-state index contributed by atoms with van der Waals surface area (Å²) in [5.41, 5.74) is 3.78. The first kappa shape index (κ1) is 20.4. The van der Waals surface area contributed by atoms with Gasteiger partial charge in [0.2, 0.25) is 0 Å². The number of nitrogens with zero attached hydrogens (tertiary/aromatic N) is 3. The average molecular weight is 402 g/mol. The molecule has 0 unspecified atom stereocenters. The maximum absolute atomic E-state index is 14.2. The average Bonchev–Trinajstić information content (AvgIpc) is 3.22. The number of nitriles is 1. The molecule has 3 aromatic rings. The van der Waals surface area contributed by atoms with Gasteiger partial charge in [-0.1, -0.05) is 49.6 Å². The van der Waals surface area contributed by atoms with E-state index < -0.39 is 0 Å². The van der Waals surface area contributed by atoms with E-state index in [0.29, 0.717) is 23.7 Å². The van der Waals surface area contributed by atoms with E-state index in [1.165, 1.54) is 49.4 Å². The Labute approximate surface area is 178 Å². The van der Waals surface area contributed by atoms with Crippen molar-refractivity contribution in [1.82, 2.24) is 9.47 Å². The van der Waals surface area contributed by atoms with Gasteiger partial charge in [0.1, 0.15) is 5.82 Å². The Bertz CT molecular complexity index is 1010. The summed E-state index contributed by atoms with van der Waals surface area (Å²) in [5, 5.41) is 9.25. The molecule has 4 rings (SSSR count). The predicted molar refractivity (Wildman–Crippen MR) is 117 cm³/mol. The molecule has 0 radical (unpaired) electrons. The van der Waals surface area contributed by atoms with Crippen molar-refractivity contribution in [3.8, 4) is 6.07 Å². The Morgan fingerprint density at radius 2 is 1.80 bits per heavy atom. The van der Waals surface area contributed by atoms with Crippen LogP contribution in [0.2, 0.25) is 0 Å². The molecule has 1 aliphatic carbocycles. The van der Waals surface area contributed by atoms with Crippen LogP contribution in [0.3, 0.4) is 0 Å². The molecular formula is C26H28FN3. The second kappa shape index (κ2) is 9.73. The first-order valence-electron chi connectivity index (χ1n) is 10.8. The molecule has 0 spiro atoms. The van der Waals surface area contributed by atoms with Crippen molar-refractivity contribution >= 4 is 0 Å². The highest BCUT2D eigenvalue weighted by Crippen LogP contribution is 2.26. The number of hydrogen-bond acceptors (Lipinski definition) is 2. The maximum atomic E-state index is 14.2. The van der Waals surface area contributed by atoms with Gasteiger partial charge in [-0.15, -0.1) is 0 Å². The standard InChI is InChI=1S/C26H28FN3/c27-26-14-5-4-10-23(26)19-29-15-7-13-25(29)20-30(24-11-2-1-3-12-24)18-22-9-6-8-21(16-22)17-28/h4-10,13-16,24H,1-3,11-12,18-20H2. The lowest BCUT2D eigenvalue weighted by atomic mass is 9.93. The second-order valence-electron chi connectivity index (χ2n) is 8.23. The molecule has 3 nitrogen and oxygen atoms in total. The third kappa shape index (κ3) is 4.98. The summed E-state index contributed by atoms with van der Waals surface area (Å²) in [6.45, 7) is 2.19. The molecular weight excluding hydrogens is 373 g/mol. The molecule has 4 heteroatoms. The molecule has 0 bridgehead atoms. The summed E-state index contributed by atoms with van der Waals surface area (Å²) in [7, 11) is 0. The van der Waals surface area contributed by atoms with Crippen LogP contribution in [0.4, 0.5) is 4.39 Å². The molecule has 0 aliphatic heterocycles. The normalized spacial score (nSPS) is 14.7. The molecule has 0 atom stereocenters. The summed E-state index contributed by atoms with van der Waals surface area (Å²) in [5.74, 6) is -0.158. The SMILES string of the molecule is N#Cc1cccc(CN(Cc2cccn2Cc2ccccc2F)C2CCCCC2)c1. The third-order valence-corrected chi connectivity index (χ3v) is 6.12. The smallest absolute Gasteiger partial charge is 0.128 e. The van der Waals surface area contributed by atoms with Gasteiger partial charge in [-0.05, 0) is 48.7 Å². The Morgan fingerprint density at radius 3 is 2.60 bits per heavy atom. The first-order valence-corrected chi connectivity index (χ1v) is 10.8. The quantitative estimate of drug-likeness (QED) is 0.495. The first-order chi connectivity index (χ1) is 14.7. The van der Waals surface area contributed by atoms with Gasteiger partial charge >= 0.3 is 0 Å². The van der Waals surface area contributed by atoms with Crippen LogP contribution in [0.15, 0.2) is 66.9 Å². The number of hydrogen-bond donors (Lipinski definition) is 0. The molecule has 1 aliphatic rings. The summed E-state index contributed by atoms with van der Waals surface area (Å²) in [6.07, 6.45) is 8.33. The van der Waals surface area contributed by atoms with Crippen molar-refractivity contribution < 1.29 is 4.39 Å². The van der Waals surface area contributed by atoms with Crippen molar-refractivity contribution in [3.05, 3.63) is 95.1 Å². The van der Waals surface area contributed by atoms with E-state index in [9.17, 15) is 9.65 Å². The zero-order valence-corrected chi connectivity index (χ0v) is 17.3. The van der Waals surface area contributed by atoms with Crippen molar-refractivity contribution in [2.24, 2.45) is 0 Å². The third-order valence-electron chi connectivity index (χ3n) is 6.12. The highest BCUT2D eigenvalue weighted by atomic mass is 19.1.